The Morgan fingerprint density at radius 1 is 0.413 bits per heavy atom. The molecule has 0 aliphatic carbocycles. The summed E-state index contributed by atoms with van der Waals surface area (Å²) < 4.78 is 4.68. The van der Waals surface area contributed by atoms with Crippen molar-refractivity contribution in [2.45, 2.75) is 0 Å². The summed E-state index contributed by atoms with van der Waals surface area (Å²) in [6, 6.07) is 54.5. The number of nitrogens with zero attached hydrogens (tertiary/aromatic N) is 5. The van der Waals surface area contributed by atoms with Crippen LogP contribution in [0.4, 0.5) is 0 Å². The zero-order chi connectivity index (χ0) is 30.5. The molecule has 5 aromatic carbocycles. The van der Waals surface area contributed by atoms with Crippen molar-refractivity contribution < 1.29 is 0 Å². The number of hydrogen-bond donors (Lipinski definition) is 0. The first-order chi connectivity index (χ1) is 22.8. The van der Waals surface area contributed by atoms with Gasteiger partial charge in [-0.2, -0.15) is 0 Å². The highest BCUT2D eigenvalue weighted by Gasteiger charge is 2.23. The summed E-state index contributed by atoms with van der Waals surface area (Å²) in [7, 11) is 0. The van der Waals surface area contributed by atoms with Crippen molar-refractivity contribution in [1.29, 1.82) is 0 Å². The highest BCUT2D eigenvalue weighted by atomic mass is 15.1. The number of pyridine rings is 1. The molecule has 0 bridgehead atoms. The Kier molecular flexibility index (Phi) is 6.06. The first kappa shape index (κ1) is 26.1. The zero-order valence-corrected chi connectivity index (χ0v) is 24.8. The van der Waals surface area contributed by atoms with Gasteiger partial charge in [0.2, 0.25) is 0 Å². The second-order valence-electron chi connectivity index (χ2n) is 11.3. The van der Waals surface area contributed by atoms with Crippen LogP contribution >= 0.6 is 0 Å². The Balaban J connectivity index is 1.30. The Morgan fingerprint density at radius 2 is 0.935 bits per heavy atom. The fourth-order valence-corrected chi connectivity index (χ4v) is 6.54. The monoisotopic (exact) mass is 589 g/mol. The van der Waals surface area contributed by atoms with Gasteiger partial charge in [-0.15, -0.1) is 0 Å². The molecule has 0 fully saturated rings. The summed E-state index contributed by atoms with van der Waals surface area (Å²) in [5.74, 6) is 1.93. The molecule has 4 heterocycles. The number of benzene rings is 5. The molecule has 0 radical (unpaired) electrons. The summed E-state index contributed by atoms with van der Waals surface area (Å²) in [5, 5.41) is 2.44. The Morgan fingerprint density at radius 3 is 1.61 bits per heavy atom. The minimum atomic E-state index is 0.632. The molecule has 0 saturated heterocycles. The maximum absolute atomic E-state index is 5.00. The predicted octanol–water partition coefficient (Wildman–Crippen LogP) is 9.89. The number of fused-ring (bicyclic) bond motifs is 5. The van der Waals surface area contributed by atoms with Gasteiger partial charge in [0.25, 0.3) is 0 Å². The molecule has 46 heavy (non-hydrogen) atoms. The van der Waals surface area contributed by atoms with Crippen LogP contribution in [0.1, 0.15) is 0 Å². The summed E-state index contributed by atoms with van der Waals surface area (Å²) >= 11 is 0. The van der Waals surface area contributed by atoms with Gasteiger partial charge in [-0.3, -0.25) is 4.57 Å². The maximum atomic E-state index is 5.00. The lowest BCUT2D eigenvalue weighted by atomic mass is 10.0. The Labute approximate surface area is 265 Å². The van der Waals surface area contributed by atoms with Crippen LogP contribution < -0.4 is 0 Å². The Bertz CT molecular complexity index is 2450. The van der Waals surface area contributed by atoms with Crippen molar-refractivity contribution in [2.75, 3.05) is 0 Å². The van der Waals surface area contributed by atoms with Crippen molar-refractivity contribution in [3.63, 3.8) is 0 Å². The van der Waals surface area contributed by atoms with Crippen LogP contribution in [-0.2, 0) is 0 Å². The van der Waals surface area contributed by atoms with Gasteiger partial charge in [-0.25, -0.2) is 15.0 Å². The fourth-order valence-electron chi connectivity index (χ4n) is 6.54. The molecule has 0 saturated carbocycles. The number of hydrogen-bond acceptors (Lipinski definition) is 3. The predicted molar refractivity (Wildman–Crippen MR) is 187 cm³/mol. The van der Waals surface area contributed by atoms with E-state index in [1.54, 1.807) is 0 Å². The molecule has 0 spiro atoms. The molecule has 5 nitrogen and oxygen atoms in total. The molecule has 9 rings (SSSR count). The second-order valence-corrected chi connectivity index (χ2v) is 11.3. The highest BCUT2D eigenvalue weighted by Crippen LogP contribution is 2.43. The van der Waals surface area contributed by atoms with Crippen LogP contribution in [0.15, 0.2) is 164 Å². The molecule has 9 aromatic rings. The second kappa shape index (κ2) is 10.7. The van der Waals surface area contributed by atoms with Crippen molar-refractivity contribution >= 4 is 27.5 Å². The molecule has 4 aromatic heterocycles. The van der Waals surface area contributed by atoms with E-state index in [0.29, 0.717) is 17.5 Å². The minimum absolute atomic E-state index is 0.632. The van der Waals surface area contributed by atoms with E-state index >= 15 is 0 Å². The summed E-state index contributed by atoms with van der Waals surface area (Å²) in [6.07, 6.45) is 2.16. The topological polar surface area (TPSA) is 48.0 Å². The van der Waals surface area contributed by atoms with Gasteiger partial charge in [-0.05, 0) is 35.9 Å². The van der Waals surface area contributed by atoms with Gasteiger partial charge in [0, 0.05) is 44.9 Å². The molecular formula is C41H27N5. The van der Waals surface area contributed by atoms with Crippen LogP contribution in [0.3, 0.4) is 0 Å². The van der Waals surface area contributed by atoms with Crippen molar-refractivity contribution in [2.24, 2.45) is 0 Å². The van der Waals surface area contributed by atoms with Crippen LogP contribution in [0.5, 0.6) is 0 Å². The lowest BCUT2D eigenvalue weighted by Gasteiger charge is -2.12. The van der Waals surface area contributed by atoms with Crippen LogP contribution in [0, 0.1) is 0 Å². The maximum Gasteiger partial charge on any atom is 0.164 e. The lowest BCUT2D eigenvalue weighted by molar-refractivity contribution is 1.07. The number of rotatable bonds is 5. The third-order valence-electron chi connectivity index (χ3n) is 8.57. The number of para-hydroxylation sites is 1. The standard InChI is InChI=1S/C41H27N5/c1-4-15-28(16-5-1)36-35-25-12-13-26-45(35)41-37(36)33-23-10-11-24-34(33)46(41)32-22-14-21-31(27-32)40-43-38(29-17-6-2-7-18-29)42-39(44-40)30-19-8-3-9-20-30/h1-27H. The summed E-state index contributed by atoms with van der Waals surface area (Å²) in [5.41, 5.74) is 9.73. The quantitative estimate of drug-likeness (QED) is 0.201. The molecule has 0 amide bonds. The first-order valence-corrected chi connectivity index (χ1v) is 15.4. The van der Waals surface area contributed by atoms with E-state index in [4.69, 9.17) is 15.0 Å². The third kappa shape index (κ3) is 4.21. The molecule has 0 aliphatic heterocycles. The van der Waals surface area contributed by atoms with Gasteiger partial charge >= 0.3 is 0 Å². The van der Waals surface area contributed by atoms with E-state index in [1.165, 1.54) is 27.4 Å². The van der Waals surface area contributed by atoms with E-state index in [1.807, 2.05) is 60.7 Å². The molecule has 0 aliphatic rings. The zero-order valence-electron chi connectivity index (χ0n) is 24.8. The molecule has 0 atom stereocenters. The van der Waals surface area contributed by atoms with E-state index in [9.17, 15) is 0 Å². The largest absolute Gasteiger partial charge is 0.302 e. The summed E-state index contributed by atoms with van der Waals surface area (Å²) in [6.45, 7) is 0. The van der Waals surface area contributed by atoms with Crippen LogP contribution in [0.2, 0.25) is 0 Å². The molecule has 216 valence electrons. The van der Waals surface area contributed by atoms with Gasteiger partial charge in [-0.1, -0.05) is 127 Å². The lowest BCUT2D eigenvalue weighted by Crippen LogP contribution is -2.01. The molecular weight excluding hydrogens is 562 g/mol. The van der Waals surface area contributed by atoms with Crippen LogP contribution in [0.25, 0.3) is 78.4 Å². The van der Waals surface area contributed by atoms with E-state index in [0.717, 1.165) is 33.5 Å². The van der Waals surface area contributed by atoms with E-state index < -0.39 is 0 Å². The SMILES string of the molecule is c1ccc(-c2nc(-c3ccccc3)nc(-c3cccc(-n4c5ccccc5c5c(-c6ccccc6)c6ccccn6c54)c3)n2)cc1. The number of aromatic nitrogens is 5. The average Bonchev–Trinajstić information content (AvgIpc) is 3.65. The summed E-state index contributed by atoms with van der Waals surface area (Å²) in [4.78, 5) is 14.9. The van der Waals surface area contributed by atoms with Crippen LogP contribution in [-0.4, -0.2) is 23.9 Å². The molecule has 0 N–H and O–H groups in total. The van der Waals surface area contributed by atoms with Gasteiger partial charge < -0.3 is 4.40 Å². The average molecular weight is 590 g/mol. The van der Waals surface area contributed by atoms with E-state index in [2.05, 4.69) is 112 Å². The molecule has 5 heteroatoms. The van der Waals surface area contributed by atoms with Gasteiger partial charge in [0.15, 0.2) is 17.5 Å². The van der Waals surface area contributed by atoms with Gasteiger partial charge in [0.1, 0.15) is 5.65 Å². The van der Waals surface area contributed by atoms with Gasteiger partial charge in [0.05, 0.1) is 11.0 Å². The third-order valence-corrected chi connectivity index (χ3v) is 8.57. The van der Waals surface area contributed by atoms with Crippen molar-refractivity contribution in [1.82, 2.24) is 23.9 Å². The fraction of sp³-hybridized carbons (Fsp3) is 0. The first-order valence-electron chi connectivity index (χ1n) is 15.4. The smallest absolute Gasteiger partial charge is 0.164 e. The molecule has 0 unspecified atom stereocenters. The Hall–Kier alpha value is -6.33. The van der Waals surface area contributed by atoms with E-state index in [-0.39, 0.29) is 0 Å². The minimum Gasteiger partial charge on any atom is -0.302 e. The van der Waals surface area contributed by atoms with Crippen molar-refractivity contribution in [3.05, 3.63) is 164 Å². The van der Waals surface area contributed by atoms with Crippen molar-refractivity contribution in [3.8, 4) is 51.0 Å². The highest BCUT2D eigenvalue weighted by molar-refractivity contribution is 6.19. The normalized spacial score (nSPS) is 11.5.